The maximum absolute atomic E-state index is 12.8. The number of carbonyl (C=O) groups is 3. The summed E-state index contributed by atoms with van der Waals surface area (Å²) in [7, 11) is 0. The number of nitrogens with one attached hydrogen (secondary N) is 1. The Balaban J connectivity index is 1.72. The van der Waals surface area contributed by atoms with E-state index in [0.29, 0.717) is 30.1 Å². The molecule has 0 spiro atoms. The van der Waals surface area contributed by atoms with Gasteiger partial charge in [-0.25, -0.2) is 4.79 Å². The number of rotatable bonds is 5. The van der Waals surface area contributed by atoms with Crippen LogP contribution in [0.4, 0.5) is 0 Å². The van der Waals surface area contributed by atoms with Crippen LogP contribution >= 0.6 is 11.6 Å². The molecule has 1 saturated heterocycles. The van der Waals surface area contributed by atoms with Gasteiger partial charge in [-0.05, 0) is 30.2 Å². The van der Waals surface area contributed by atoms with Crippen molar-refractivity contribution in [3.8, 4) is 0 Å². The second-order valence-corrected chi connectivity index (χ2v) is 6.71. The average Bonchev–Trinajstić information content (AvgIpc) is 2.67. The quantitative estimate of drug-likeness (QED) is 0.827. The molecule has 6 nitrogen and oxygen atoms in total. The Labute approximate surface area is 161 Å². The molecule has 7 heteroatoms. The van der Waals surface area contributed by atoms with Crippen LogP contribution < -0.4 is 5.32 Å². The first-order valence-electron chi connectivity index (χ1n) is 8.61. The van der Waals surface area contributed by atoms with E-state index in [-0.39, 0.29) is 23.8 Å². The van der Waals surface area contributed by atoms with Crippen LogP contribution in [-0.4, -0.2) is 40.9 Å². The summed E-state index contributed by atoms with van der Waals surface area (Å²) in [6.45, 7) is 0.817. The van der Waals surface area contributed by atoms with E-state index < -0.39 is 12.0 Å². The van der Waals surface area contributed by atoms with Gasteiger partial charge in [-0.15, -0.1) is 0 Å². The van der Waals surface area contributed by atoms with Crippen LogP contribution in [-0.2, 0) is 16.0 Å². The van der Waals surface area contributed by atoms with Gasteiger partial charge in [0, 0.05) is 30.1 Å². The summed E-state index contributed by atoms with van der Waals surface area (Å²) >= 11 is 6.24. The Kier molecular flexibility index (Phi) is 5.76. The lowest BCUT2D eigenvalue weighted by molar-refractivity contribution is -0.143. The summed E-state index contributed by atoms with van der Waals surface area (Å²) in [5, 5.41) is 12.2. The number of carboxylic acid groups (broad SMARTS) is 1. The van der Waals surface area contributed by atoms with E-state index >= 15 is 0 Å². The fraction of sp³-hybridized carbons (Fsp3) is 0.250. The van der Waals surface area contributed by atoms with Crippen molar-refractivity contribution in [1.82, 2.24) is 10.2 Å². The molecule has 27 heavy (non-hydrogen) atoms. The molecule has 1 unspecified atom stereocenters. The maximum Gasteiger partial charge on any atom is 0.335 e. The number of amides is 2. The summed E-state index contributed by atoms with van der Waals surface area (Å²) in [5.74, 6) is -1.37. The third-order valence-corrected chi connectivity index (χ3v) is 4.90. The Morgan fingerprint density at radius 3 is 2.52 bits per heavy atom. The molecule has 0 aliphatic carbocycles. The highest BCUT2D eigenvalue weighted by atomic mass is 35.5. The predicted molar refractivity (Wildman–Crippen MR) is 101 cm³/mol. The van der Waals surface area contributed by atoms with E-state index in [4.69, 9.17) is 16.7 Å². The molecule has 1 aliphatic rings. The molecule has 0 radical (unpaired) electrons. The normalized spacial score (nSPS) is 16.7. The minimum Gasteiger partial charge on any atom is -0.478 e. The van der Waals surface area contributed by atoms with Crippen molar-refractivity contribution in [3.63, 3.8) is 0 Å². The van der Waals surface area contributed by atoms with Gasteiger partial charge in [0.1, 0.15) is 6.04 Å². The van der Waals surface area contributed by atoms with Crippen LogP contribution in [0.2, 0.25) is 5.02 Å². The lowest BCUT2D eigenvalue weighted by Crippen LogP contribution is -2.52. The molecule has 0 saturated carbocycles. The van der Waals surface area contributed by atoms with Gasteiger partial charge >= 0.3 is 5.97 Å². The van der Waals surface area contributed by atoms with Gasteiger partial charge in [-0.2, -0.15) is 0 Å². The number of piperazine rings is 1. The van der Waals surface area contributed by atoms with Gasteiger partial charge < -0.3 is 15.3 Å². The molecule has 0 aromatic heterocycles. The fourth-order valence-corrected chi connectivity index (χ4v) is 3.39. The van der Waals surface area contributed by atoms with Crippen molar-refractivity contribution >= 4 is 29.4 Å². The SMILES string of the molecule is O=C(O)c1ccc(CCC(=O)N2CCNC(=O)C2c2ccccc2Cl)cc1. The smallest absolute Gasteiger partial charge is 0.335 e. The van der Waals surface area contributed by atoms with Gasteiger partial charge in [-0.3, -0.25) is 9.59 Å². The number of halogens is 1. The van der Waals surface area contributed by atoms with E-state index in [9.17, 15) is 14.4 Å². The highest BCUT2D eigenvalue weighted by molar-refractivity contribution is 6.31. The summed E-state index contributed by atoms with van der Waals surface area (Å²) in [6.07, 6.45) is 0.687. The zero-order valence-corrected chi connectivity index (χ0v) is 15.3. The predicted octanol–water partition coefficient (Wildman–Crippen LogP) is 2.67. The Hall–Kier alpha value is -2.86. The number of hydrogen-bond donors (Lipinski definition) is 2. The molecule has 2 amide bonds. The second kappa shape index (κ2) is 8.22. The van der Waals surface area contributed by atoms with Crippen molar-refractivity contribution in [2.24, 2.45) is 0 Å². The van der Waals surface area contributed by atoms with Crippen molar-refractivity contribution in [2.45, 2.75) is 18.9 Å². The minimum absolute atomic E-state index is 0.142. The largest absolute Gasteiger partial charge is 0.478 e. The topological polar surface area (TPSA) is 86.7 Å². The molecule has 2 aromatic rings. The molecule has 140 valence electrons. The molecule has 2 N–H and O–H groups in total. The van der Waals surface area contributed by atoms with Gasteiger partial charge in [0.05, 0.1) is 5.56 Å². The molecule has 1 atom stereocenters. The third-order valence-electron chi connectivity index (χ3n) is 4.56. The van der Waals surface area contributed by atoms with Crippen LogP contribution in [0.15, 0.2) is 48.5 Å². The highest BCUT2D eigenvalue weighted by Crippen LogP contribution is 2.29. The van der Waals surface area contributed by atoms with Gasteiger partial charge in [0.2, 0.25) is 11.8 Å². The molecule has 3 rings (SSSR count). The first-order valence-corrected chi connectivity index (χ1v) is 8.99. The first-order chi connectivity index (χ1) is 13.0. The van der Waals surface area contributed by atoms with Crippen molar-refractivity contribution in [3.05, 3.63) is 70.2 Å². The number of aryl methyl sites for hydroxylation is 1. The van der Waals surface area contributed by atoms with E-state index in [2.05, 4.69) is 5.32 Å². The molecule has 1 fully saturated rings. The van der Waals surface area contributed by atoms with Crippen molar-refractivity contribution < 1.29 is 19.5 Å². The number of benzene rings is 2. The van der Waals surface area contributed by atoms with E-state index in [1.165, 1.54) is 12.1 Å². The Morgan fingerprint density at radius 2 is 1.85 bits per heavy atom. The summed E-state index contributed by atoms with van der Waals surface area (Å²) < 4.78 is 0. The standard InChI is InChI=1S/C20H19ClN2O4/c21-16-4-2-1-3-15(16)18-19(25)22-11-12-23(18)17(24)10-7-13-5-8-14(9-6-13)20(26)27/h1-6,8-9,18H,7,10-12H2,(H,22,25)(H,26,27). The van der Waals surface area contributed by atoms with Gasteiger partial charge in [0.15, 0.2) is 0 Å². The second-order valence-electron chi connectivity index (χ2n) is 6.30. The van der Waals surface area contributed by atoms with Gasteiger partial charge in [0.25, 0.3) is 0 Å². The molecule has 1 aliphatic heterocycles. The zero-order valence-electron chi connectivity index (χ0n) is 14.5. The molecular formula is C20H19ClN2O4. The van der Waals surface area contributed by atoms with E-state index in [0.717, 1.165) is 5.56 Å². The summed E-state index contributed by atoms with van der Waals surface area (Å²) in [6, 6.07) is 12.7. The molecule has 1 heterocycles. The van der Waals surface area contributed by atoms with E-state index in [1.54, 1.807) is 41.3 Å². The van der Waals surface area contributed by atoms with Crippen LogP contribution in [0, 0.1) is 0 Å². The van der Waals surface area contributed by atoms with Crippen LogP contribution in [0.5, 0.6) is 0 Å². The monoisotopic (exact) mass is 386 g/mol. The summed E-state index contributed by atoms with van der Waals surface area (Å²) in [5.41, 5.74) is 1.68. The molecule has 0 bridgehead atoms. The summed E-state index contributed by atoms with van der Waals surface area (Å²) in [4.78, 5) is 37.7. The van der Waals surface area contributed by atoms with Crippen molar-refractivity contribution in [1.29, 1.82) is 0 Å². The van der Waals surface area contributed by atoms with Crippen LogP contribution in [0.1, 0.15) is 33.9 Å². The minimum atomic E-state index is -0.987. The average molecular weight is 387 g/mol. The highest BCUT2D eigenvalue weighted by Gasteiger charge is 2.35. The van der Waals surface area contributed by atoms with Crippen molar-refractivity contribution in [2.75, 3.05) is 13.1 Å². The third kappa shape index (κ3) is 4.28. The number of carbonyl (C=O) groups excluding carboxylic acids is 2. The van der Waals surface area contributed by atoms with Crippen LogP contribution in [0.25, 0.3) is 0 Å². The van der Waals surface area contributed by atoms with Crippen LogP contribution in [0.3, 0.4) is 0 Å². The molecule has 2 aromatic carbocycles. The number of aromatic carboxylic acids is 1. The number of carboxylic acids is 1. The number of nitrogens with zero attached hydrogens (tertiary/aromatic N) is 1. The zero-order chi connectivity index (χ0) is 19.4. The Bertz CT molecular complexity index is 867. The van der Waals surface area contributed by atoms with Gasteiger partial charge in [-0.1, -0.05) is 41.9 Å². The molecular weight excluding hydrogens is 368 g/mol. The lowest BCUT2D eigenvalue weighted by Gasteiger charge is -2.35. The lowest BCUT2D eigenvalue weighted by atomic mass is 10.0. The van der Waals surface area contributed by atoms with E-state index in [1.807, 2.05) is 0 Å². The number of hydrogen-bond acceptors (Lipinski definition) is 3. The Morgan fingerprint density at radius 1 is 1.15 bits per heavy atom. The first kappa shape index (κ1) is 18.9. The maximum atomic E-state index is 12.8. The fourth-order valence-electron chi connectivity index (χ4n) is 3.15.